The van der Waals surface area contributed by atoms with Gasteiger partial charge in [-0.05, 0) is 24.3 Å². The Morgan fingerprint density at radius 3 is 2.19 bits per heavy atom. The van der Waals surface area contributed by atoms with Crippen LogP contribution in [0.1, 0.15) is 5.56 Å². The maximum Gasteiger partial charge on any atom is 0.416 e. The molecular weight excluding hydrogens is 241 g/mol. The predicted molar refractivity (Wildman–Crippen MR) is 53.6 cm³/mol. The molecule has 0 aliphatic heterocycles. The van der Waals surface area contributed by atoms with Gasteiger partial charge in [-0.25, -0.2) is 4.68 Å². The second-order valence-corrected chi connectivity index (χ2v) is 3.58. The summed E-state index contributed by atoms with van der Waals surface area (Å²) in [5, 5.41) is 4.31. The zero-order valence-corrected chi connectivity index (χ0v) is 8.63. The number of halogens is 4. The SMILES string of the molecule is FC(F)(F)c1ccc(-n2cc(Cl)cn2)cc1. The van der Waals surface area contributed by atoms with Gasteiger partial charge in [0.2, 0.25) is 0 Å². The smallest absolute Gasteiger partial charge is 0.239 e. The lowest BCUT2D eigenvalue weighted by Gasteiger charge is -2.07. The van der Waals surface area contributed by atoms with E-state index in [1.165, 1.54) is 29.2 Å². The maximum absolute atomic E-state index is 12.3. The molecule has 0 amide bonds. The molecule has 0 fully saturated rings. The fourth-order valence-electron chi connectivity index (χ4n) is 1.25. The van der Waals surface area contributed by atoms with Crippen LogP contribution in [0.5, 0.6) is 0 Å². The average Bonchev–Trinajstić information content (AvgIpc) is 2.64. The third kappa shape index (κ3) is 2.19. The highest BCUT2D eigenvalue weighted by molar-refractivity contribution is 6.30. The Labute approximate surface area is 94.3 Å². The Kier molecular flexibility index (Phi) is 2.63. The van der Waals surface area contributed by atoms with Crippen LogP contribution in [0.15, 0.2) is 36.7 Å². The third-order valence-corrected chi connectivity index (χ3v) is 2.21. The van der Waals surface area contributed by atoms with E-state index in [9.17, 15) is 13.2 Å². The highest BCUT2D eigenvalue weighted by Crippen LogP contribution is 2.29. The van der Waals surface area contributed by atoms with Crippen molar-refractivity contribution in [2.45, 2.75) is 6.18 Å². The van der Waals surface area contributed by atoms with Gasteiger partial charge >= 0.3 is 6.18 Å². The van der Waals surface area contributed by atoms with Crippen LogP contribution in [0.2, 0.25) is 5.02 Å². The average molecular weight is 247 g/mol. The molecule has 1 aromatic heterocycles. The summed E-state index contributed by atoms with van der Waals surface area (Å²) in [6.07, 6.45) is -1.39. The first-order valence-electron chi connectivity index (χ1n) is 4.34. The van der Waals surface area contributed by atoms with Crippen molar-refractivity contribution in [2.75, 3.05) is 0 Å². The standard InChI is InChI=1S/C10H6ClF3N2/c11-8-5-15-16(6-8)9-3-1-7(2-4-9)10(12,13)14/h1-6H. The Morgan fingerprint density at radius 1 is 1.12 bits per heavy atom. The zero-order valence-electron chi connectivity index (χ0n) is 7.87. The normalized spacial score (nSPS) is 11.8. The second-order valence-electron chi connectivity index (χ2n) is 3.15. The molecule has 2 aromatic rings. The van der Waals surface area contributed by atoms with Crippen LogP contribution in [-0.4, -0.2) is 9.78 Å². The molecule has 0 bridgehead atoms. The molecule has 0 unspecified atom stereocenters. The Balaban J connectivity index is 2.33. The van der Waals surface area contributed by atoms with Crippen molar-refractivity contribution >= 4 is 11.6 Å². The molecule has 0 aliphatic carbocycles. The van der Waals surface area contributed by atoms with Crippen molar-refractivity contribution in [1.82, 2.24) is 9.78 Å². The van der Waals surface area contributed by atoms with Crippen LogP contribution in [0.4, 0.5) is 13.2 Å². The van der Waals surface area contributed by atoms with Crippen LogP contribution in [0.3, 0.4) is 0 Å². The summed E-state index contributed by atoms with van der Waals surface area (Å²) in [5.41, 5.74) is -0.158. The van der Waals surface area contributed by atoms with Gasteiger partial charge in [-0.15, -0.1) is 0 Å². The monoisotopic (exact) mass is 246 g/mol. The Bertz CT molecular complexity index is 488. The predicted octanol–water partition coefficient (Wildman–Crippen LogP) is 3.54. The number of hydrogen-bond acceptors (Lipinski definition) is 1. The minimum atomic E-state index is -4.32. The molecule has 16 heavy (non-hydrogen) atoms. The lowest BCUT2D eigenvalue weighted by molar-refractivity contribution is -0.137. The molecule has 1 heterocycles. The first-order chi connectivity index (χ1) is 7.47. The summed E-state index contributed by atoms with van der Waals surface area (Å²) in [6, 6.07) is 4.69. The number of aromatic nitrogens is 2. The summed E-state index contributed by atoms with van der Waals surface area (Å²) >= 11 is 5.65. The lowest BCUT2D eigenvalue weighted by atomic mass is 10.2. The molecule has 0 aliphatic rings. The van der Waals surface area contributed by atoms with Gasteiger partial charge < -0.3 is 0 Å². The van der Waals surface area contributed by atoms with Crippen LogP contribution in [-0.2, 0) is 6.18 Å². The van der Waals surface area contributed by atoms with Gasteiger partial charge in [0.25, 0.3) is 0 Å². The van der Waals surface area contributed by atoms with Crippen molar-refractivity contribution in [3.05, 3.63) is 47.2 Å². The number of alkyl halides is 3. The lowest BCUT2D eigenvalue weighted by Crippen LogP contribution is -2.05. The first-order valence-corrected chi connectivity index (χ1v) is 4.72. The molecule has 2 nitrogen and oxygen atoms in total. The van der Waals surface area contributed by atoms with E-state index in [2.05, 4.69) is 5.10 Å². The number of nitrogens with zero attached hydrogens (tertiary/aromatic N) is 2. The van der Waals surface area contributed by atoms with Gasteiger partial charge in [0.1, 0.15) is 0 Å². The van der Waals surface area contributed by atoms with E-state index in [1.54, 1.807) is 0 Å². The fourth-order valence-corrected chi connectivity index (χ4v) is 1.38. The fraction of sp³-hybridized carbons (Fsp3) is 0.100. The van der Waals surface area contributed by atoms with Gasteiger partial charge in [0.15, 0.2) is 0 Å². The van der Waals surface area contributed by atoms with Crippen molar-refractivity contribution in [3.8, 4) is 5.69 Å². The molecule has 0 saturated carbocycles. The van der Waals surface area contributed by atoms with E-state index in [0.29, 0.717) is 10.7 Å². The van der Waals surface area contributed by atoms with Crippen molar-refractivity contribution in [1.29, 1.82) is 0 Å². The number of hydrogen-bond donors (Lipinski definition) is 0. The van der Waals surface area contributed by atoms with Crippen LogP contribution < -0.4 is 0 Å². The van der Waals surface area contributed by atoms with Crippen LogP contribution >= 0.6 is 11.6 Å². The summed E-state index contributed by atoms with van der Waals surface area (Å²) in [6.45, 7) is 0. The summed E-state index contributed by atoms with van der Waals surface area (Å²) in [7, 11) is 0. The van der Waals surface area contributed by atoms with E-state index in [1.807, 2.05) is 0 Å². The van der Waals surface area contributed by atoms with E-state index < -0.39 is 11.7 Å². The highest BCUT2D eigenvalue weighted by Gasteiger charge is 2.29. The molecule has 0 atom stereocenters. The minimum absolute atomic E-state index is 0.430. The third-order valence-electron chi connectivity index (χ3n) is 2.01. The first kappa shape index (κ1) is 11.0. The molecule has 1 aromatic carbocycles. The van der Waals surface area contributed by atoms with E-state index >= 15 is 0 Å². The molecule has 2 rings (SSSR count). The summed E-state index contributed by atoms with van der Waals surface area (Å²) in [5.74, 6) is 0. The minimum Gasteiger partial charge on any atom is -0.239 e. The molecule has 6 heteroatoms. The van der Waals surface area contributed by atoms with Gasteiger partial charge in [-0.1, -0.05) is 11.6 Å². The quantitative estimate of drug-likeness (QED) is 0.752. The van der Waals surface area contributed by atoms with Gasteiger partial charge in [-0.2, -0.15) is 18.3 Å². The van der Waals surface area contributed by atoms with E-state index in [-0.39, 0.29) is 0 Å². The van der Waals surface area contributed by atoms with Gasteiger partial charge in [-0.3, -0.25) is 0 Å². The summed E-state index contributed by atoms with van der Waals surface area (Å²) in [4.78, 5) is 0. The largest absolute Gasteiger partial charge is 0.416 e. The van der Waals surface area contributed by atoms with Crippen molar-refractivity contribution < 1.29 is 13.2 Å². The van der Waals surface area contributed by atoms with Crippen molar-refractivity contribution in [3.63, 3.8) is 0 Å². The van der Waals surface area contributed by atoms with Crippen LogP contribution in [0, 0.1) is 0 Å². The molecule has 84 valence electrons. The summed E-state index contributed by atoms with van der Waals surface area (Å²) < 4.78 is 38.3. The van der Waals surface area contributed by atoms with Crippen LogP contribution in [0.25, 0.3) is 5.69 Å². The van der Waals surface area contributed by atoms with Gasteiger partial charge in [0, 0.05) is 6.20 Å². The van der Waals surface area contributed by atoms with E-state index in [0.717, 1.165) is 12.1 Å². The Morgan fingerprint density at radius 2 is 1.75 bits per heavy atom. The van der Waals surface area contributed by atoms with E-state index in [4.69, 9.17) is 11.6 Å². The van der Waals surface area contributed by atoms with Crippen molar-refractivity contribution in [2.24, 2.45) is 0 Å². The number of benzene rings is 1. The zero-order chi connectivity index (χ0) is 11.8. The highest BCUT2D eigenvalue weighted by atomic mass is 35.5. The molecular formula is C10H6ClF3N2. The Hall–Kier alpha value is -1.49. The molecule has 0 spiro atoms. The topological polar surface area (TPSA) is 17.8 Å². The molecule has 0 N–H and O–H groups in total. The number of rotatable bonds is 1. The molecule has 0 saturated heterocycles. The second kappa shape index (κ2) is 3.83. The molecule has 0 radical (unpaired) electrons. The van der Waals surface area contributed by atoms with Gasteiger partial charge in [0.05, 0.1) is 22.5 Å². The maximum atomic E-state index is 12.3.